The first-order valence-electron chi connectivity index (χ1n) is 6.72. The number of allylic oxidation sites excluding steroid dienone is 3. The van der Waals surface area contributed by atoms with Gasteiger partial charge in [0.25, 0.3) is 5.70 Å². The first-order valence-corrected chi connectivity index (χ1v) is 7.13. The van der Waals surface area contributed by atoms with E-state index in [0.717, 1.165) is 17.8 Å². The molecule has 1 unspecified atom stereocenters. The van der Waals surface area contributed by atoms with Gasteiger partial charge in [0.15, 0.2) is 4.77 Å². The highest BCUT2D eigenvalue weighted by molar-refractivity contribution is 7.71. The first kappa shape index (κ1) is 15.4. The van der Waals surface area contributed by atoms with Crippen molar-refractivity contribution in [1.29, 1.82) is 0 Å². The van der Waals surface area contributed by atoms with Gasteiger partial charge in [0.05, 0.1) is 4.92 Å². The van der Waals surface area contributed by atoms with Gasteiger partial charge in [-0.15, -0.1) is 0 Å². The van der Waals surface area contributed by atoms with Crippen LogP contribution in [-0.2, 0) is 7.05 Å². The third-order valence-corrected chi connectivity index (χ3v) is 4.06. The summed E-state index contributed by atoms with van der Waals surface area (Å²) in [5.74, 6) is 1.34. The summed E-state index contributed by atoms with van der Waals surface area (Å²) in [4.78, 5) is 10.3. The van der Waals surface area contributed by atoms with Gasteiger partial charge in [0.2, 0.25) is 0 Å². The number of rotatable bonds is 7. The fourth-order valence-electron chi connectivity index (χ4n) is 2.30. The monoisotopic (exact) mass is 306 g/mol. The molecular formula is C14H18N4O2S. The summed E-state index contributed by atoms with van der Waals surface area (Å²) < 4.78 is 2.33. The molecule has 1 saturated carbocycles. The van der Waals surface area contributed by atoms with Crippen molar-refractivity contribution in [3.8, 4) is 0 Å². The Kier molecular flexibility index (Phi) is 4.52. The van der Waals surface area contributed by atoms with Crippen molar-refractivity contribution in [1.82, 2.24) is 14.8 Å². The highest BCUT2D eigenvalue weighted by Crippen LogP contribution is 2.41. The molecule has 0 amide bonds. The van der Waals surface area contributed by atoms with Crippen LogP contribution in [0.4, 0.5) is 0 Å². The molecule has 0 spiro atoms. The number of nitrogens with zero attached hydrogens (tertiary/aromatic N) is 3. The molecule has 1 atom stereocenters. The number of H-pyrrole nitrogens is 1. The molecular weight excluding hydrogens is 288 g/mol. The van der Waals surface area contributed by atoms with Crippen LogP contribution in [-0.4, -0.2) is 19.7 Å². The standard InChI is InChI=1S/C14H18N4O2S/c1-4-11(7-9(2)18(19)20)12(8-10-5-6-10)13-15-16-14(21)17(13)3/h4,7,10,12H,1-2,5-6,8H2,3H3,(H,16,21)/b11-7+. The van der Waals surface area contributed by atoms with Crippen LogP contribution in [0.15, 0.2) is 36.6 Å². The van der Waals surface area contributed by atoms with Crippen LogP contribution in [0.1, 0.15) is 31.0 Å². The maximum atomic E-state index is 10.8. The minimum atomic E-state index is -0.499. The second-order valence-electron chi connectivity index (χ2n) is 5.27. The summed E-state index contributed by atoms with van der Waals surface area (Å²) >= 11 is 5.15. The second-order valence-corrected chi connectivity index (χ2v) is 5.66. The quantitative estimate of drug-likeness (QED) is 0.363. The Labute approximate surface area is 128 Å². The molecule has 1 aromatic rings. The lowest BCUT2D eigenvalue weighted by atomic mass is 9.91. The summed E-state index contributed by atoms with van der Waals surface area (Å²) in [5, 5.41) is 17.8. The number of hydrogen-bond acceptors (Lipinski definition) is 4. The Balaban J connectivity index is 2.40. The molecule has 0 bridgehead atoms. The van der Waals surface area contributed by atoms with Crippen LogP contribution in [0.5, 0.6) is 0 Å². The van der Waals surface area contributed by atoms with Crippen LogP contribution >= 0.6 is 12.2 Å². The highest BCUT2D eigenvalue weighted by Gasteiger charge is 2.30. The molecule has 1 heterocycles. The predicted octanol–water partition coefficient (Wildman–Crippen LogP) is 3.26. The number of nitrogens with one attached hydrogen (secondary N) is 1. The van der Waals surface area contributed by atoms with Crippen LogP contribution < -0.4 is 0 Å². The highest BCUT2D eigenvalue weighted by atomic mass is 32.1. The molecule has 0 radical (unpaired) electrons. The average Bonchev–Trinajstić information content (AvgIpc) is 3.21. The van der Waals surface area contributed by atoms with E-state index in [9.17, 15) is 10.1 Å². The van der Waals surface area contributed by atoms with Crippen LogP contribution in [0.2, 0.25) is 0 Å². The molecule has 21 heavy (non-hydrogen) atoms. The van der Waals surface area contributed by atoms with Gasteiger partial charge in [-0.05, 0) is 36.7 Å². The predicted molar refractivity (Wildman–Crippen MR) is 82.9 cm³/mol. The van der Waals surface area contributed by atoms with E-state index in [0.29, 0.717) is 10.7 Å². The molecule has 2 rings (SSSR count). The topological polar surface area (TPSA) is 76.8 Å². The minimum Gasteiger partial charge on any atom is -0.307 e. The van der Waals surface area contributed by atoms with E-state index in [-0.39, 0.29) is 11.6 Å². The molecule has 0 saturated heterocycles. The Hall–Kier alpha value is -2.02. The summed E-state index contributed by atoms with van der Waals surface area (Å²) in [5.41, 5.74) is 0.600. The summed E-state index contributed by atoms with van der Waals surface area (Å²) in [6, 6.07) is 0. The lowest BCUT2D eigenvalue weighted by Crippen LogP contribution is -2.10. The van der Waals surface area contributed by atoms with Crippen molar-refractivity contribution in [2.75, 3.05) is 0 Å². The van der Waals surface area contributed by atoms with Crippen molar-refractivity contribution in [2.45, 2.75) is 25.2 Å². The minimum absolute atomic E-state index is 0.0651. The van der Waals surface area contributed by atoms with E-state index in [1.807, 2.05) is 7.05 Å². The molecule has 1 fully saturated rings. The lowest BCUT2D eigenvalue weighted by molar-refractivity contribution is -0.418. The smallest absolute Gasteiger partial charge is 0.262 e. The molecule has 0 aliphatic heterocycles. The molecule has 0 aromatic carbocycles. The van der Waals surface area contributed by atoms with Crippen LogP contribution in [0.25, 0.3) is 0 Å². The largest absolute Gasteiger partial charge is 0.307 e. The van der Waals surface area contributed by atoms with E-state index < -0.39 is 4.92 Å². The molecule has 1 aliphatic rings. The van der Waals surface area contributed by atoms with Gasteiger partial charge in [-0.25, -0.2) is 0 Å². The average molecular weight is 306 g/mol. The van der Waals surface area contributed by atoms with Gasteiger partial charge in [-0.3, -0.25) is 15.2 Å². The molecule has 6 nitrogen and oxygen atoms in total. The van der Waals surface area contributed by atoms with E-state index in [4.69, 9.17) is 12.2 Å². The van der Waals surface area contributed by atoms with Crippen molar-refractivity contribution in [3.63, 3.8) is 0 Å². The van der Waals surface area contributed by atoms with Crippen LogP contribution in [0.3, 0.4) is 0 Å². The third-order valence-electron chi connectivity index (χ3n) is 3.70. The summed E-state index contributed by atoms with van der Waals surface area (Å²) in [7, 11) is 1.84. The number of aromatic amines is 1. The number of nitro groups is 1. The first-order chi connectivity index (χ1) is 9.93. The lowest BCUT2D eigenvalue weighted by Gasteiger charge is -2.17. The second kappa shape index (κ2) is 6.17. The summed E-state index contributed by atoms with van der Waals surface area (Å²) in [6.07, 6.45) is 6.37. The molecule has 112 valence electrons. The zero-order valence-corrected chi connectivity index (χ0v) is 12.7. The maximum absolute atomic E-state index is 10.8. The van der Waals surface area contributed by atoms with Gasteiger partial charge in [0.1, 0.15) is 5.82 Å². The van der Waals surface area contributed by atoms with Gasteiger partial charge < -0.3 is 4.57 Å². The van der Waals surface area contributed by atoms with Gasteiger partial charge in [-0.2, -0.15) is 5.10 Å². The Morgan fingerprint density at radius 1 is 1.71 bits per heavy atom. The maximum Gasteiger partial charge on any atom is 0.262 e. The zero-order chi connectivity index (χ0) is 15.6. The number of hydrogen-bond donors (Lipinski definition) is 1. The van der Waals surface area contributed by atoms with Crippen molar-refractivity contribution in [3.05, 3.63) is 57.3 Å². The Bertz CT molecular complexity index is 667. The SMILES string of the molecule is C=C/C(=C\C(=C)[N+](=O)[O-])C(CC1CC1)c1n[nH]c(=S)n1C. The fourth-order valence-corrected chi connectivity index (χ4v) is 2.43. The fraction of sp³-hybridized carbons (Fsp3) is 0.429. The normalized spacial score (nSPS) is 16.5. The Morgan fingerprint density at radius 2 is 2.38 bits per heavy atom. The van der Waals surface area contributed by atoms with Crippen molar-refractivity contribution in [2.24, 2.45) is 13.0 Å². The van der Waals surface area contributed by atoms with E-state index in [1.54, 1.807) is 10.6 Å². The number of aromatic nitrogens is 3. The van der Waals surface area contributed by atoms with E-state index in [2.05, 4.69) is 23.4 Å². The van der Waals surface area contributed by atoms with E-state index >= 15 is 0 Å². The van der Waals surface area contributed by atoms with Gasteiger partial charge >= 0.3 is 0 Å². The molecule has 1 aliphatic carbocycles. The van der Waals surface area contributed by atoms with E-state index in [1.165, 1.54) is 18.9 Å². The van der Waals surface area contributed by atoms with Crippen molar-refractivity contribution < 1.29 is 4.92 Å². The zero-order valence-electron chi connectivity index (χ0n) is 11.9. The van der Waals surface area contributed by atoms with Crippen LogP contribution in [0, 0.1) is 20.8 Å². The van der Waals surface area contributed by atoms with Gasteiger partial charge in [-0.1, -0.05) is 25.5 Å². The van der Waals surface area contributed by atoms with Gasteiger partial charge in [0, 0.05) is 19.0 Å². The third kappa shape index (κ3) is 3.55. The van der Waals surface area contributed by atoms with Crippen molar-refractivity contribution >= 4 is 12.2 Å². The molecule has 1 aromatic heterocycles. The molecule has 1 N–H and O–H groups in total. The Morgan fingerprint density at radius 3 is 2.81 bits per heavy atom. The molecule has 7 heteroatoms. The summed E-state index contributed by atoms with van der Waals surface area (Å²) in [6.45, 7) is 7.24.